The Balaban J connectivity index is 1.40. The van der Waals surface area contributed by atoms with Gasteiger partial charge in [-0.1, -0.05) is 6.08 Å². The number of fused-ring (bicyclic) bond motifs is 1. The number of carbonyl (C=O) groups is 1. The predicted octanol–water partition coefficient (Wildman–Crippen LogP) is 1.50. The summed E-state index contributed by atoms with van der Waals surface area (Å²) in [5.41, 5.74) is 7.43. The molecule has 31 heavy (non-hydrogen) atoms. The van der Waals surface area contributed by atoms with Crippen molar-refractivity contribution in [2.45, 2.75) is 25.2 Å². The van der Waals surface area contributed by atoms with E-state index in [9.17, 15) is 13.6 Å². The topological polar surface area (TPSA) is 110 Å². The summed E-state index contributed by atoms with van der Waals surface area (Å²) in [5, 5.41) is 9.63. The molecule has 1 unspecified atom stereocenters. The number of ether oxygens (including phenoxy) is 1. The third kappa shape index (κ3) is 3.63. The van der Waals surface area contributed by atoms with Crippen LogP contribution in [0.4, 0.5) is 26.1 Å². The van der Waals surface area contributed by atoms with Gasteiger partial charge in [-0.05, 0) is 12.0 Å². The average molecular weight is 431 g/mol. The summed E-state index contributed by atoms with van der Waals surface area (Å²) in [7, 11) is 0. The first-order valence-electron chi connectivity index (χ1n) is 10.2. The Hall–Kier alpha value is -3.05. The summed E-state index contributed by atoms with van der Waals surface area (Å²) in [6.07, 6.45) is 4.06. The van der Waals surface area contributed by atoms with Crippen molar-refractivity contribution in [3.05, 3.63) is 35.4 Å². The number of amides is 1. The van der Waals surface area contributed by atoms with Crippen molar-refractivity contribution < 1.29 is 18.3 Å². The Labute approximate surface area is 177 Å². The maximum atomic E-state index is 14.8. The minimum Gasteiger partial charge on any atom is -0.381 e. The summed E-state index contributed by atoms with van der Waals surface area (Å²) < 4.78 is 35.0. The van der Waals surface area contributed by atoms with Crippen LogP contribution >= 0.6 is 0 Å². The lowest BCUT2D eigenvalue weighted by molar-refractivity contribution is -0.0612. The number of hydrogen-bond donors (Lipinski definition) is 3. The molecule has 164 valence electrons. The minimum absolute atomic E-state index is 0.0159. The van der Waals surface area contributed by atoms with E-state index in [4.69, 9.17) is 10.5 Å². The third-order valence-electron chi connectivity index (χ3n) is 5.92. The van der Waals surface area contributed by atoms with Crippen LogP contribution in [0, 0.1) is 5.82 Å². The number of hydrogen-bond acceptors (Lipinski definition) is 7. The van der Waals surface area contributed by atoms with Gasteiger partial charge in [0.25, 0.3) is 5.91 Å². The monoisotopic (exact) mass is 431 g/mol. The standard InChI is InChI=1S/C20H23F2N7O2/c21-12-5-25-19-17(18(23)27-29(19)8-12)20(30)26-15-7-24-6-14(22)16(15)11-1-3-28(4-2-11)13-9-31-10-13/h1,6-7,12-13,25H,2-5,8-10H2,(H2,23,27)(H,26,30). The zero-order chi connectivity index (χ0) is 21.5. The average Bonchev–Trinajstić information content (AvgIpc) is 3.02. The molecule has 0 radical (unpaired) electrons. The van der Waals surface area contributed by atoms with Crippen LogP contribution in [-0.2, 0) is 11.3 Å². The van der Waals surface area contributed by atoms with Gasteiger partial charge in [0.2, 0.25) is 0 Å². The zero-order valence-electron chi connectivity index (χ0n) is 16.8. The van der Waals surface area contributed by atoms with Crippen molar-refractivity contribution in [1.29, 1.82) is 0 Å². The Bertz CT molecular complexity index is 1050. The quantitative estimate of drug-likeness (QED) is 0.673. The molecule has 1 amide bonds. The molecule has 11 heteroatoms. The van der Waals surface area contributed by atoms with Gasteiger partial charge in [-0.2, -0.15) is 5.10 Å². The van der Waals surface area contributed by atoms with E-state index in [0.29, 0.717) is 30.4 Å². The van der Waals surface area contributed by atoms with Crippen molar-refractivity contribution in [3.63, 3.8) is 0 Å². The molecule has 1 atom stereocenters. The van der Waals surface area contributed by atoms with Crippen LogP contribution in [0.25, 0.3) is 5.57 Å². The van der Waals surface area contributed by atoms with Crippen molar-refractivity contribution >= 4 is 28.8 Å². The second-order valence-corrected chi connectivity index (χ2v) is 7.93. The van der Waals surface area contributed by atoms with Gasteiger partial charge in [0.05, 0.1) is 43.9 Å². The summed E-state index contributed by atoms with van der Waals surface area (Å²) >= 11 is 0. The highest BCUT2D eigenvalue weighted by molar-refractivity contribution is 6.11. The Kier molecular flexibility index (Phi) is 5.06. The molecule has 1 saturated heterocycles. The number of nitrogens with one attached hydrogen (secondary N) is 2. The molecule has 9 nitrogen and oxygen atoms in total. The molecular weight excluding hydrogens is 408 g/mol. The summed E-state index contributed by atoms with van der Waals surface area (Å²) in [5.74, 6) is -0.727. The third-order valence-corrected chi connectivity index (χ3v) is 5.92. The molecule has 0 bridgehead atoms. The molecule has 0 aromatic carbocycles. The number of aromatic nitrogens is 3. The number of alkyl halides is 1. The van der Waals surface area contributed by atoms with Gasteiger partial charge in [0, 0.05) is 25.2 Å². The van der Waals surface area contributed by atoms with Crippen LogP contribution < -0.4 is 16.4 Å². The van der Waals surface area contributed by atoms with Gasteiger partial charge in [-0.3, -0.25) is 14.7 Å². The van der Waals surface area contributed by atoms with E-state index >= 15 is 0 Å². The molecule has 0 spiro atoms. The van der Waals surface area contributed by atoms with Gasteiger partial charge in [-0.15, -0.1) is 0 Å². The van der Waals surface area contributed by atoms with Gasteiger partial charge in [0.15, 0.2) is 11.6 Å². The number of nitrogens with zero attached hydrogens (tertiary/aromatic N) is 4. The number of carbonyl (C=O) groups excluding carboxylic acids is 1. The predicted molar refractivity (Wildman–Crippen MR) is 111 cm³/mol. The van der Waals surface area contributed by atoms with Crippen LogP contribution in [0.5, 0.6) is 0 Å². The van der Waals surface area contributed by atoms with Gasteiger partial charge in [0.1, 0.15) is 17.6 Å². The molecule has 2 aromatic heterocycles. The normalized spacial score (nSPS) is 21.6. The molecule has 3 aliphatic rings. The highest BCUT2D eigenvalue weighted by atomic mass is 19.1. The number of pyridine rings is 1. The van der Waals surface area contributed by atoms with Crippen LogP contribution in [0.2, 0.25) is 0 Å². The summed E-state index contributed by atoms with van der Waals surface area (Å²) in [4.78, 5) is 19.2. The van der Waals surface area contributed by atoms with Gasteiger partial charge < -0.3 is 21.1 Å². The molecular formula is C20H23F2N7O2. The second kappa shape index (κ2) is 7.89. The number of anilines is 3. The van der Waals surface area contributed by atoms with E-state index in [-0.39, 0.29) is 30.2 Å². The summed E-state index contributed by atoms with van der Waals surface area (Å²) in [6.45, 7) is 3.00. The van der Waals surface area contributed by atoms with E-state index in [0.717, 1.165) is 31.5 Å². The number of nitrogens with two attached hydrogens (primary N) is 1. The maximum absolute atomic E-state index is 14.8. The van der Waals surface area contributed by atoms with Gasteiger partial charge in [-0.25, -0.2) is 13.5 Å². The van der Waals surface area contributed by atoms with Crippen LogP contribution in [0.3, 0.4) is 0 Å². The van der Waals surface area contributed by atoms with Crippen LogP contribution in [0.1, 0.15) is 22.3 Å². The fraction of sp³-hybridized carbons (Fsp3) is 0.450. The molecule has 4 N–H and O–H groups in total. The molecule has 3 aliphatic heterocycles. The molecule has 5 heterocycles. The van der Waals surface area contributed by atoms with E-state index in [1.165, 1.54) is 10.9 Å². The van der Waals surface area contributed by atoms with E-state index in [1.807, 2.05) is 6.08 Å². The Morgan fingerprint density at radius 2 is 2.19 bits per heavy atom. The Morgan fingerprint density at radius 3 is 2.90 bits per heavy atom. The lowest BCUT2D eigenvalue weighted by Crippen LogP contribution is -2.50. The SMILES string of the molecule is Nc1nn2c(c1C(=O)Nc1cncc(F)c1C1=CCN(C3COC3)CC1)NCC(F)C2. The first-order valence-corrected chi connectivity index (χ1v) is 10.2. The lowest BCUT2D eigenvalue weighted by Gasteiger charge is -2.39. The van der Waals surface area contributed by atoms with Crippen LogP contribution in [0.15, 0.2) is 18.5 Å². The van der Waals surface area contributed by atoms with E-state index in [2.05, 4.69) is 25.6 Å². The van der Waals surface area contributed by atoms with Crippen molar-refractivity contribution in [1.82, 2.24) is 19.7 Å². The zero-order valence-corrected chi connectivity index (χ0v) is 16.8. The molecule has 0 saturated carbocycles. The molecule has 0 aliphatic carbocycles. The molecule has 1 fully saturated rings. The number of nitrogen functional groups attached to an aromatic ring is 1. The largest absolute Gasteiger partial charge is 0.381 e. The lowest BCUT2D eigenvalue weighted by atomic mass is 9.97. The van der Waals surface area contributed by atoms with E-state index in [1.54, 1.807) is 0 Å². The van der Waals surface area contributed by atoms with Gasteiger partial charge >= 0.3 is 0 Å². The second-order valence-electron chi connectivity index (χ2n) is 7.93. The van der Waals surface area contributed by atoms with Crippen molar-refractivity contribution in [2.75, 3.05) is 49.2 Å². The fourth-order valence-electron chi connectivity index (χ4n) is 4.19. The first kappa shape index (κ1) is 19.9. The molecule has 2 aromatic rings. The number of halogens is 2. The highest BCUT2D eigenvalue weighted by Gasteiger charge is 2.30. The van der Waals surface area contributed by atoms with Crippen molar-refractivity contribution in [3.8, 4) is 0 Å². The maximum Gasteiger partial charge on any atom is 0.263 e. The summed E-state index contributed by atoms with van der Waals surface area (Å²) in [6, 6.07) is 0.409. The minimum atomic E-state index is -1.12. The Morgan fingerprint density at radius 1 is 1.35 bits per heavy atom. The van der Waals surface area contributed by atoms with Crippen LogP contribution in [-0.4, -0.2) is 70.6 Å². The smallest absolute Gasteiger partial charge is 0.263 e. The molecule has 5 rings (SSSR count). The highest BCUT2D eigenvalue weighted by Crippen LogP contribution is 2.33. The fourth-order valence-corrected chi connectivity index (χ4v) is 4.19. The van der Waals surface area contributed by atoms with Crippen molar-refractivity contribution in [2.24, 2.45) is 0 Å². The first-order chi connectivity index (χ1) is 15.0. The van der Waals surface area contributed by atoms with E-state index < -0.39 is 17.9 Å². The number of rotatable bonds is 4.